The maximum absolute atomic E-state index is 9.33. The van der Waals surface area contributed by atoms with Crippen molar-refractivity contribution in [1.29, 1.82) is 0 Å². The average Bonchev–Trinajstić information content (AvgIpc) is 2.48. The second kappa shape index (κ2) is 7.59. The number of aliphatic hydroxyl groups is 1. The molecule has 1 saturated heterocycles. The standard InChI is InChI=1S/C17H27ClN2O/c1-17(2,13-21)12-19-16-4-3-9-20(11-16)10-14-5-7-15(18)8-6-14/h5-8,16,19,21H,3-4,9-13H2,1-2H3/t16-/m0/s1. The molecular weight excluding hydrogens is 284 g/mol. The van der Waals surface area contributed by atoms with Crippen molar-refractivity contribution < 1.29 is 5.11 Å². The minimum atomic E-state index is -0.0432. The topological polar surface area (TPSA) is 35.5 Å². The van der Waals surface area contributed by atoms with Gasteiger partial charge in [0.25, 0.3) is 0 Å². The van der Waals surface area contributed by atoms with Gasteiger partial charge in [-0.05, 0) is 37.1 Å². The second-order valence-electron chi connectivity index (χ2n) is 6.90. The summed E-state index contributed by atoms with van der Waals surface area (Å²) >= 11 is 5.93. The van der Waals surface area contributed by atoms with E-state index >= 15 is 0 Å². The fraction of sp³-hybridized carbons (Fsp3) is 0.647. The van der Waals surface area contributed by atoms with Crippen LogP contribution < -0.4 is 5.32 Å². The van der Waals surface area contributed by atoms with E-state index in [1.165, 1.54) is 18.4 Å². The van der Waals surface area contributed by atoms with Crippen molar-refractivity contribution >= 4 is 11.6 Å². The Balaban J connectivity index is 1.81. The van der Waals surface area contributed by atoms with Crippen LogP contribution in [0.15, 0.2) is 24.3 Å². The van der Waals surface area contributed by atoms with Crippen LogP contribution >= 0.6 is 11.6 Å². The molecule has 21 heavy (non-hydrogen) atoms. The Morgan fingerprint density at radius 3 is 2.71 bits per heavy atom. The summed E-state index contributed by atoms with van der Waals surface area (Å²) in [6, 6.07) is 8.65. The third kappa shape index (κ3) is 5.59. The number of nitrogens with one attached hydrogen (secondary N) is 1. The highest BCUT2D eigenvalue weighted by molar-refractivity contribution is 6.30. The lowest BCUT2D eigenvalue weighted by Gasteiger charge is -2.35. The number of nitrogens with zero attached hydrogens (tertiary/aromatic N) is 1. The monoisotopic (exact) mass is 310 g/mol. The highest BCUT2D eigenvalue weighted by atomic mass is 35.5. The average molecular weight is 311 g/mol. The van der Waals surface area contributed by atoms with Crippen LogP contribution in [0.5, 0.6) is 0 Å². The zero-order valence-corrected chi connectivity index (χ0v) is 13.9. The molecule has 0 saturated carbocycles. The number of halogens is 1. The Morgan fingerprint density at radius 2 is 2.05 bits per heavy atom. The molecule has 1 aliphatic rings. The molecule has 1 heterocycles. The molecule has 0 radical (unpaired) electrons. The summed E-state index contributed by atoms with van der Waals surface area (Å²) in [5.41, 5.74) is 1.27. The molecular formula is C17H27ClN2O. The van der Waals surface area contributed by atoms with Gasteiger partial charge in [0.1, 0.15) is 0 Å². The molecule has 2 N–H and O–H groups in total. The van der Waals surface area contributed by atoms with Crippen molar-refractivity contribution in [2.45, 2.75) is 39.3 Å². The van der Waals surface area contributed by atoms with E-state index in [4.69, 9.17) is 11.6 Å². The number of aliphatic hydroxyl groups excluding tert-OH is 1. The first kappa shape index (κ1) is 16.8. The first-order valence-electron chi connectivity index (χ1n) is 7.79. The molecule has 118 valence electrons. The lowest BCUT2D eigenvalue weighted by Crippen LogP contribution is -2.48. The van der Waals surface area contributed by atoms with Gasteiger partial charge in [0, 0.05) is 42.7 Å². The summed E-state index contributed by atoms with van der Waals surface area (Å²) in [5.74, 6) is 0. The minimum absolute atomic E-state index is 0.0432. The van der Waals surface area contributed by atoms with Crippen LogP contribution in [0.4, 0.5) is 0 Å². The van der Waals surface area contributed by atoms with E-state index in [1.807, 2.05) is 12.1 Å². The Kier molecular flexibility index (Phi) is 6.06. The third-order valence-corrected chi connectivity index (χ3v) is 4.37. The maximum Gasteiger partial charge on any atom is 0.0494 e. The molecule has 0 unspecified atom stereocenters. The fourth-order valence-corrected chi connectivity index (χ4v) is 2.82. The Labute approximate surface area is 133 Å². The molecule has 4 heteroatoms. The van der Waals surface area contributed by atoms with Gasteiger partial charge < -0.3 is 10.4 Å². The molecule has 1 aliphatic heterocycles. The van der Waals surface area contributed by atoms with E-state index in [-0.39, 0.29) is 12.0 Å². The van der Waals surface area contributed by atoms with Gasteiger partial charge in [0.15, 0.2) is 0 Å². The highest BCUT2D eigenvalue weighted by Crippen LogP contribution is 2.17. The van der Waals surface area contributed by atoms with Crippen LogP contribution in [0, 0.1) is 5.41 Å². The van der Waals surface area contributed by atoms with Gasteiger partial charge in [-0.2, -0.15) is 0 Å². The quantitative estimate of drug-likeness (QED) is 0.848. The molecule has 0 aromatic heterocycles. The molecule has 1 aromatic carbocycles. The number of rotatable bonds is 6. The Bertz CT molecular complexity index is 433. The van der Waals surface area contributed by atoms with Gasteiger partial charge in [0.05, 0.1) is 0 Å². The Hall–Kier alpha value is -0.610. The number of likely N-dealkylation sites (tertiary alicyclic amines) is 1. The van der Waals surface area contributed by atoms with Gasteiger partial charge >= 0.3 is 0 Å². The van der Waals surface area contributed by atoms with Gasteiger partial charge in [0.2, 0.25) is 0 Å². The molecule has 0 aliphatic carbocycles. The SMILES string of the molecule is CC(C)(CO)CN[C@H]1CCCN(Cc2ccc(Cl)cc2)C1. The van der Waals surface area contributed by atoms with E-state index in [1.54, 1.807) is 0 Å². The molecule has 0 spiro atoms. The molecule has 0 amide bonds. The van der Waals surface area contributed by atoms with E-state index < -0.39 is 0 Å². The molecule has 1 fully saturated rings. The number of hydrogen-bond donors (Lipinski definition) is 2. The zero-order valence-electron chi connectivity index (χ0n) is 13.1. The van der Waals surface area contributed by atoms with Crippen LogP contribution in [0.25, 0.3) is 0 Å². The summed E-state index contributed by atoms with van der Waals surface area (Å²) in [6.45, 7) is 8.49. The first-order valence-corrected chi connectivity index (χ1v) is 8.17. The summed E-state index contributed by atoms with van der Waals surface area (Å²) in [7, 11) is 0. The van der Waals surface area contributed by atoms with Crippen molar-refractivity contribution in [3.63, 3.8) is 0 Å². The lowest BCUT2D eigenvalue weighted by molar-refractivity contribution is 0.135. The van der Waals surface area contributed by atoms with Crippen molar-refractivity contribution in [2.24, 2.45) is 5.41 Å². The van der Waals surface area contributed by atoms with Crippen LogP contribution in [0.2, 0.25) is 5.02 Å². The van der Waals surface area contributed by atoms with E-state index in [0.29, 0.717) is 6.04 Å². The van der Waals surface area contributed by atoms with E-state index in [2.05, 4.69) is 36.2 Å². The number of benzene rings is 1. The van der Waals surface area contributed by atoms with Crippen LogP contribution in [0.3, 0.4) is 0 Å². The smallest absolute Gasteiger partial charge is 0.0494 e. The summed E-state index contributed by atoms with van der Waals surface area (Å²) in [5, 5.41) is 13.7. The van der Waals surface area contributed by atoms with Gasteiger partial charge in [-0.15, -0.1) is 0 Å². The predicted molar refractivity (Wildman–Crippen MR) is 88.6 cm³/mol. The van der Waals surface area contributed by atoms with Gasteiger partial charge in [-0.25, -0.2) is 0 Å². The van der Waals surface area contributed by atoms with E-state index in [9.17, 15) is 5.11 Å². The Morgan fingerprint density at radius 1 is 1.33 bits per heavy atom. The van der Waals surface area contributed by atoms with Crippen LogP contribution in [-0.4, -0.2) is 42.3 Å². The predicted octanol–water partition coefficient (Wildman–Crippen LogP) is 2.91. The third-order valence-electron chi connectivity index (χ3n) is 4.12. The summed E-state index contributed by atoms with van der Waals surface area (Å²) < 4.78 is 0. The van der Waals surface area contributed by atoms with Gasteiger partial charge in [-0.1, -0.05) is 37.6 Å². The molecule has 1 atom stereocenters. The van der Waals surface area contributed by atoms with Crippen molar-refractivity contribution in [3.8, 4) is 0 Å². The molecule has 1 aromatic rings. The molecule has 2 rings (SSSR count). The zero-order chi connectivity index (χ0) is 15.3. The molecule has 0 bridgehead atoms. The first-order chi connectivity index (χ1) is 9.98. The summed E-state index contributed by atoms with van der Waals surface area (Å²) in [6.07, 6.45) is 2.45. The largest absolute Gasteiger partial charge is 0.396 e. The fourth-order valence-electron chi connectivity index (χ4n) is 2.69. The van der Waals surface area contributed by atoms with Crippen LogP contribution in [-0.2, 0) is 6.54 Å². The number of piperidine rings is 1. The minimum Gasteiger partial charge on any atom is -0.396 e. The van der Waals surface area contributed by atoms with Gasteiger partial charge in [-0.3, -0.25) is 4.90 Å². The van der Waals surface area contributed by atoms with Crippen molar-refractivity contribution in [3.05, 3.63) is 34.9 Å². The lowest BCUT2D eigenvalue weighted by atomic mass is 9.94. The maximum atomic E-state index is 9.33. The van der Waals surface area contributed by atoms with E-state index in [0.717, 1.165) is 31.2 Å². The highest BCUT2D eigenvalue weighted by Gasteiger charge is 2.23. The van der Waals surface area contributed by atoms with Crippen molar-refractivity contribution in [2.75, 3.05) is 26.2 Å². The number of hydrogen-bond acceptors (Lipinski definition) is 3. The van der Waals surface area contributed by atoms with Crippen molar-refractivity contribution in [1.82, 2.24) is 10.2 Å². The normalized spacial score (nSPS) is 20.7. The second-order valence-corrected chi connectivity index (χ2v) is 7.34. The molecule has 3 nitrogen and oxygen atoms in total. The summed E-state index contributed by atoms with van der Waals surface area (Å²) in [4.78, 5) is 2.50. The van der Waals surface area contributed by atoms with Crippen LogP contribution in [0.1, 0.15) is 32.3 Å².